The SMILES string of the molecule is CC1CC(N2CCCC2)CN1C(=O)CCc1nn[nH]n1. The molecule has 2 aliphatic rings. The Bertz CT molecular complexity index is 442. The molecular weight excluding hydrogens is 256 g/mol. The highest BCUT2D eigenvalue weighted by molar-refractivity contribution is 5.77. The predicted octanol–water partition coefficient (Wildman–Crippen LogP) is 0.218. The van der Waals surface area contributed by atoms with E-state index in [1.165, 1.54) is 25.9 Å². The molecule has 0 radical (unpaired) electrons. The van der Waals surface area contributed by atoms with Gasteiger partial charge in [0.25, 0.3) is 0 Å². The monoisotopic (exact) mass is 278 g/mol. The molecule has 7 nitrogen and oxygen atoms in total. The summed E-state index contributed by atoms with van der Waals surface area (Å²) in [5, 5.41) is 13.7. The first-order valence-electron chi connectivity index (χ1n) is 7.50. The van der Waals surface area contributed by atoms with Gasteiger partial charge in [-0.05, 0) is 39.3 Å². The van der Waals surface area contributed by atoms with E-state index in [0.717, 1.165) is 13.0 Å². The lowest BCUT2D eigenvalue weighted by molar-refractivity contribution is -0.131. The number of hydrogen-bond acceptors (Lipinski definition) is 5. The van der Waals surface area contributed by atoms with Crippen LogP contribution in [0.4, 0.5) is 0 Å². The molecule has 0 aliphatic carbocycles. The van der Waals surface area contributed by atoms with Gasteiger partial charge in [-0.1, -0.05) is 5.21 Å². The zero-order chi connectivity index (χ0) is 13.9. The van der Waals surface area contributed by atoms with Crippen LogP contribution in [0.15, 0.2) is 0 Å². The van der Waals surface area contributed by atoms with E-state index < -0.39 is 0 Å². The van der Waals surface area contributed by atoms with Crippen molar-refractivity contribution >= 4 is 5.91 Å². The van der Waals surface area contributed by atoms with E-state index in [-0.39, 0.29) is 5.91 Å². The molecule has 3 rings (SSSR count). The average molecular weight is 278 g/mol. The Kier molecular flexibility index (Phi) is 3.95. The van der Waals surface area contributed by atoms with Gasteiger partial charge in [0, 0.05) is 31.5 Å². The number of tetrazole rings is 1. The summed E-state index contributed by atoms with van der Waals surface area (Å²) < 4.78 is 0. The van der Waals surface area contributed by atoms with Crippen molar-refractivity contribution in [3.8, 4) is 0 Å². The topological polar surface area (TPSA) is 78.0 Å². The van der Waals surface area contributed by atoms with E-state index >= 15 is 0 Å². The molecule has 2 atom stereocenters. The Labute approximate surface area is 118 Å². The molecule has 2 saturated heterocycles. The van der Waals surface area contributed by atoms with Crippen LogP contribution in [-0.4, -0.2) is 68.0 Å². The second-order valence-electron chi connectivity index (χ2n) is 5.86. The first-order chi connectivity index (χ1) is 9.74. The minimum Gasteiger partial charge on any atom is -0.338 e. The van der Waals surface area contributed by atoms with Gasteiger partial charge in [-0.2, -0.15) is 5.21 Å². The van der Waals surface area contributed by atoms with Gasteiger partial charge >= 0.3 is 0 Å². The van der Waals surface area contributed by atoms with Crippen LogP contribution in [0.2, 0.25) is 0 Å². The quantitative estimate of drug-likeness (QED) is 0.852. The molecule has 2 unspecified atom stereocenters. The lowest BCUT2D eigenvalue weighted by Gasteiger charge is -2.24. The zero-order valence-electron chi connectivity index (χ0n) is 12.0. The minimum absolute atomic E-state index is 0.212. The van der Waals surface area contributed by atoms with Gasteiger partial charge in [-0.25, -0.2) is 0 Å². The van der Waals surface area contributed by atoms with E-state index in [1.54, 1.807) is 0 Å². The van der Waals surface area contributed by atoms with Crippen LogP contribution >= 0.6 is 0 Å². The molecule has 1 N–H and O–H groups in total. The summed E-state index contributed by atoms with van der Waals surface area (Å²) in [5.74, 6) is 0.824. The number of aromatic amines is 1. The van der Waals surface area contributed by atoms with Crippen molar-refractivity contribution in [2.45, 2.75) is 51.1 Å². The fourth-order valence-electron chi connectivity index (χ4n) is 3.37. The third-order valence-corrected chi connectivity index (χ3v) is 4.48. The maximum absolute atomic E-state index is 12.3. The average Bonchev–Trinajstić information content (AvgIpc) is 3.17. The highest BCUT2D eigenvalue weighted by Crippen LogP contribution is 2.25. The lowest BCUT2D eigenvalue weighted by Crippen LogP contribution is -2.38. The fraction of sp³-hybridized carbons (Fsp3) is 0.846. The van der Waals surface area contributed by atoms with Crippen LogP contribution in [0, 0.1) is 0 Å². The van der Waals surface area contributed by atoms with Gasteiger partial charge in [-0.15, -0.1) is 10.2 Å². The number of carbonyl (C=O) groups is 1. The van der Waals surface area contributed by atoms with Gasteiger partial charge in [0.2, 0.25) is 5.91 Å². The highest BCUT2D eigenvalue weighted by atomic mass is 16.2. The molecule has 3 heterocycles. The highest BCUT2D eigenvalue weighted by Gasteiger charge is 2.35. The van der Waals surface area contributed by atoms with Crippen molar-refractivity contribution in [1.82, 2.24) is 30.4 Å². The smallest absolute Gasteiger partial charge is 0.223 e. The van der Waals surface area contributed by atoms with E-state index in [4.69, 9.17) is 0 Å². The van der Waals surface area contributed by atoms with Crippen LogP contribution in [0.5, 0.6) is 0 Å². The molecule has 0 spiro atoms. The van der Waals surface area contributed by atoms with Crippen molar-refractivity contribution in [3.05, 3.63) is 5.82 Å². The summed E-state index contributed by atoms with van der Waals surface area (Å²) in [6, 6.07) is 0.903. The molecule has 0 aromatic carbocycles. The molecule has 2 aliphatic heterocycles. The Morgan fingerprint density at radius 2 is 2.20 bits per heavy atom. The third kappa shape index (κ3) is 2.82. The molecule has 1 amide bonds. The minimum atomic E-state index is 0.212. The molecule has 110 valence electrons. The van der Waals surface area contributed by atoms with E-state index in [9.17, 15) is 4.79 Å². The van der Waals surface area contributed by atoms with Gasteiger partial charge in [0.1, 0.15) is 0 Å². The molecule has 2 fully saturated rings. The molecule has 1 aromatic rings. The van der Waals surface area contributed by atoms with Crippen molar-refractivity contribution in [2.24, 2.45) is 0 Å². The maximum atomic E-state index is 12.3. The number of rotatable bonds is 4. The summed E-state index contributed by atoms with van der Waals surface area (Å²) >= 11 is 0. The third-order valence-electron chi connectivity index (χ3n) is 4.48. The summed E-state index contributed by atoms with van der Waals surface area (Å²) in [5.41, 5.74) is 0. The van der Waals surface area contributed by atoms with E-state index in [1.807, 2.05) is 4.90 Å². The molecule has 7 heteroatoms. The predicted molar refractivity (Wildman–Crippen MR) is 72.9 cm³/mol. The second-order valence-corrected chi connectivity index (χ2v) is 5.86. The van der Waals surface area contributed by atoms with Crippen molar-refractivity contribution in [2.75, 3.05) is 19.6 Å². The first kappa shape index (κ1) is 13.5. The molecular formula is C13H22N6O. The van der Waals surface area contributed by atoms with Gasteiger partial charge < -0.3 is 4.90 Å². The summed E-state index contributed by atoms with van der Waals surface area (Å²) in [7, 11) is 0. The number of nitrogens with one attached hydrogen (secondary N) is 1. The van der Waals surface area contributed by atoms with Gasteiger partial charge in [-0.3, -0.25) is 9.69 Å². The van der Waals surface area contributed by atoms with E-state index in [0.29, 0.717) is 30.7 Å². The Morgan fingerprint density at radius 3 is 2.90 bits per heavy atom. The van der Waals surface area contributed by atoms with Crippen molar-refractivity contribution in [3.63, 3.8) is 0 Å². The summed E-state index contributed by atoms with van der Waals surface area (Å²) in [6.07, 6.45) is 4.74. The molecule has 0 saturated carbocycles. The molecule has 1 aromatic heterocycles. The number of carbonyl (C=O) groups excluding carboxylic acids is 1. The number of H-pyrrole nitrogens is 1. The molecule has 0 bridgehead atoms. The number of likely N-dealkylation sites (tertiary alicyclic amines) is 2. The van der Waals surface area contributed by atoms with Gasteiger partial charge in [0.15, 0.2) is 5.82 Å². The van der Waals surface area contributed by atoms with Crippen molar-refractivity contribution < 1.29 is 4.79 Å². The maximum Gasteiger partial charge on any atom is 0.223 e. The second kappa shape index (κ2) is 5.87. The standard InChI is InChI=1S/C13H22N6O/c1-10-8-11(18-6-2-3-7-18)9-19(10)13(20)5-4-12-14-16-17-15-12/h10-11H,2-9H2,1H3,(H,14,15,16,17). The number of aromatic nitrogens is 4. The number of nitrogens with zero attached hydrogens (tertiary/aromatic N) is 5. The van der Waals surface area contributed by atoms with Crippen LogP contribution in [0.3, 0.4) is 0 Å². The summed E-state index contributed by atoms with van der Waals surface area (Å²) in [6.45, 7) is 5.43. The van der Waals surface area contributed by atoms with Crippen LogP contribution in [-0.2, 0) is 11.2 Å². The Balaban J connectivity index is 1.52. The number of amides is 1. The zero-order valence-corrected chi connectivity index (χ0v) is 12.0. The van der Waals surface area contributed by atoms with Crippen LogP contribution in [0.25, 0.3) is 0 Å². The molecule has 20 heavy (non-hydrogen) atoms. The van der Waals surface area contributed by atoms with E-state index in [2.05, 4.69) is 32.4 Å². The van der Waals surface area contributed by atoms with Crippen molar-refractivity contribution in [1.29, 1.82) is 0 Å². The number of hydrogen-bond donors (Lipinski definition) is 1. The first-order valence-corrected chi connectivity index (χ1v) is 7.50. The van der Waals surface area contributed by atoms with Gasteiger partial charge in [0.05, 0.1) is 0 Å². The normalized spacial score (nSPS) is 27.4. The van der Waals surface area contributed by atoms with Crippen LogP contribution in [0.1, 0.15) is 38.4 Å². The lowest BCUT2D eigenvalue weighted by atomic mass is 10.2. The number of aryl methyl sites for hydroxylation is 1. The largest absolute Gasteiger partial charge is 0.338 e. The Morgan fingerprint density at radius 1 is 1.40 bits per heavy atom. The Hall–Kier alpha value is -1.50. The van der Waals surface area contributed by atoms with Crippen LogP contribution < -0.4 is 0 Å². The summed E-state index contributed by atoms with van der Waals surface area (Å²) in [4.78, 5) is 16.9. The fourth-order valence-corrected chi connectivity index (χ4v) is 3.37.